The van der Waals surface area contributed by atoms with Crippen molar-refractivity contribution in [3.63, 3.8) is 0 Å². The van der Waals surface area contributed by atoms with Crippen LogP contribution in [-0.4, -0.2) is 32.8 Å². The Kier molecular flexibility index (Phi) is 5.35. The topological polar surface area (TPSA) is 81.4 Å². The number of aromatic nitrogens is 4. The van der Waals surface area contributed by atoms with Crippen molar-refractivity contribution >= 4 is 28.6 Å². The molecule has 8 heteroatoms. The molecule has 0 atom stereocenters. The summed E-state index contributed by atoms with van der Waals surface area (Å²) in [5.74, 6) is 1.20. The predicted octanol–water partition coefficient (Wildman–Crippen LogP) is 5.40. The second kappa shape index (κ2) is 8.48. The summed E-state index contributed by atoms with van der Waals surface area (Å²) in [5.41, 5.74) is 5.55. The number of thiophene rings is 1. The van der Waals surface area contributed by atoms with Gasteiger partial charge < -0.3 is 10.1 Å². The molecule has 3 aromatic heterocycles. The lowest BCUT2D eigenvalue weighted by atomic mass is 10.0. The molecule has 5 rings (SSSR count). The number of amides is 1. The molecule has 0 spiro atoms. The molecule has 7 nitrogen and oxygen atoms in total. The van der Waals surface area contributed by atoms with E-state index in [1.165, 1.54) is 0 Å². The van der Waals surface area contributed by atoms with Crippen molar-refractivity contribution in [1.82, 2.24) is 19.8 Å². The predicted molar refractivity (Wildman–Crippen MR) is 130 cm³/mol. The zero-order chi connectivity index (χ0) is 22.9. The molecule has 1 amide bonds. The summed E-state index contributed by atoms with van der Waals surface area (Å²) >= 11 is 1.59. The van der Waals surface area contributed by atoms with E-state index in [9.17, 15) is 4.79 Å². The summed E-state index contributed by atoms with van der Waals surface area (Å²) in [5, 5.41) is 18.2. The van der Waals surface area contributed by atoms with Gasteiger partial charge in [0.15, 0.2) is 11.5 Å². The lowest BCUT2D eigenvalue weighted by molar-refractivity contribution is 0.102. The maximum atomic E-state index is 12.9. The number of rotatable bonds is 5. The molecule has 2 aromatic carbocycles. The number of nitrogens with zero attached hydrogens (tertiary/aromatic N) is 4. The van der Waals surface area contributed by atoms with E-state index in [4.69, 9.17) is 9.84 Å². The number of nitrogens with one attached hydrogen (secondary N) is 1. The lowest BCUT2D eigenvalue weighted by Gasteiger charge is -2.12. The van der Waals surface area contributed by atoms with Crippen LogP contribution in [0.2, 0.25) is 0 Å². The first-order valence-electron chi connectivity index (χ1n) is 10.4. The van der Waals surface area contributed by atoms with E-state index in [0.717, 1.165) is 27.3 Å². The van der Waals surface area contributed by atoms with Crippen LogP contribution in [0.5, 0.6) is 5.75 Å². The number of carbonyl (C=O) groups excluding carboxylic acids is 1. The third-order valence-corrected chi connectivity index (χ3v) is 6.39. The van der Waals surface area contributed by atoms with Gasteiger partial charge in [0.2, 0.25) is 0 Å². The second-order valence-electron chi connectivity index (χ2n) is 7.64. The van der Waals surface area contributed by atoms with Gasteiger partial charge in [-0.15, -0.1) is 21.5 Å². The molecule has 0 saturated heterocycles. The van der Waals surface area contributed by atoms with Gasteiger partial charge in [-0.2, -0.15) is 9.61 Å². The molecule has 0 aliphatic rings. The number of ether oxygens (including phenoxy) is 1. The molecule has 0 aliphatic heterocycles. The minimum Gasteiger partial charge on any atom is -0.496 e. The highest BCUT2D eigenvalue weighted by atomic mass is 32.1. The average Bonchev–Trinajstić information content (AvgIpc) is 3.50. The SMILES string of the molecule is COc1cc(C(=O)Nc2cccc(-c3ccc4nnc(-c5cccs5)n4n3)c2)cc(C)c1C. The fraction of sp³-hybridized carbons (Fsp3) is 0.120. The summed E-state index contributed by atoms with van der Waals surface area (Å²) in [7, 11) is 1.61. The zero-order valence-electron chi connectivity index (χ0n) is 18.4. The third-order valence-electron chi connectivity index (χ3n) is 5.52. The molecule has 33 heavy (non-hydrogen) atoms. The standard InChI is InChI=1S/C25H21N5O2S/c1-15-12-18(14-21(32-3)16(15)2)25(31)26-19-7-4-6-17(13-19)20-9-10-23-27-28-24(30(23)29-20)22-8-5-11-33-22/h4-14H,1-3H3,(H,26,31). The van der Waals surface area contributed by atoms with E-state index >= 15 is 0 Å². The minimum atomic E-state index is -0.198. The molecule has 164 valence electrons. The number of hydrogen-bond donors (Lipinski definition) is 1. The molecule has 0 radical (unpaired) electrons. The number of aryl methyl sites for hydroxylation is 1. The molecule has 0 bridgehead atoms. The number of anilines is 1. The van der Waals surface area contributed by atoms with Crippen LogP contribution in [0.25, 0.3) is 27.6 Å². The average molecular weight is 456 g/mol. The van der Waals surface area contributed by atoms with Crippen LogP contribution in [0, 0.1) is 13.8 Å². The van der Waals surface area contributed by atoms with Crippen molar-refractivity contribution in [3.8, 4) is 27.7 Å². The number of hydrogen-bond acceptors (Lipinski definition) is 6. The summed E-state index contributed by atoms with van der Waals surface area (Å²) in [6.45, 7) is 3.94. The number of methoxy groups -OCH3 is 1. The van der Waals surface area contributed by atoms with Crippen molar-refractivity contribution in [1.29, 1.82) is 0 Å². The van der Waals surface area contributed by atoms with Gasteiger partial charge in [0.05, 0.1) is 17.7 Å². The summed E-state index contributed by atoms with van der Waals surface area (Å²) in [6, 6.07) is 19.0. The Hall–Kier alpha value is -4.04. The Balaban J connectivity index is 1.45. The Morgan fingerprint density at radius 2 is 1.91 bits per heavy atom. The lowest BCUT2D eigenvalue weighted by Crippen LogP contribution is -2.12. The molecule has 3 heterocycles. The molecular weight excluding hydrogens is 434 g/mol. The summed E-state index contributed by atoms with van der Waals surface area (Å²) in [6.07, 6.45) is 0. The van der Waals surface area contributed by atoms with Crippen LogP contribution in [0.4, 0.5) is 5.69 Å². The summed E-state index contributed by atoms with van der Waals surface area (Å²) in [4.78, 5) is 13.9. The molecule has 5 aromatic rings. The van der Waals surface area contributed by atoms with Crippen LogP contribution in [0.3, 0.4) is 0 Å². The highest BCUT2D eigenvalue weighted by Gasteiger charge is 2.14. The van der Waals surface area contributed by atoms with Crippen LogP contribution >= 0.6 is 11.3 Å². The van der Waals surface area contributed by atoms with Crippen molar-refractivity contribution in [2.24, 2.45) is 0 Å². The van der Waals surface area contributed by atoms with Gasteiger partial charge in [-0.3, -0.25) is 4.79 Å². The second-order valence-corrected chi connectivity index (χ2v) is 8.59. The molecule has 1 N–H and O–H groups in total. The monoisotopic (exact) mass is 455 g/mol. The smallest absolute Gasteiger partial charge is 0.255 e. The fourth-order valence-electron chi connectivity index (χ4n) is 3.63. The van der Waals surface area contributed by atoms with E-state index in [0.29, 0.717) is 28.5 Å². The Bertz CT molecular complexity index is 1470. The molecule has 0 unspecified atom stereocenters. The van der Waals surface area contributed by atoms with Gasteiger partial charge in [0.1, 0.15) is 5.75 Å². The van der Waals surface area contributed by atoms with E-state index in [-0.39, 0.29) is 5.91 Å². The van der Waals surface area contributed by atoms with E-state index < -0.39 is 0 Å². The quantitative estimate of drug-likeness (QED) is 0.384. The maximum Gasteiger partial charge on any atom is 0.255 e. The van der Waals surface area contributed by atoms with E-state index in [1.807, 2.05) is 73.8 Å². The van der Waals surface area contributed by atoms with Gasteiger partial charge in [0.25, 0.3) is 5.91 Å². The number of carbonyl (C=O) groups is 1. The number of benzene rings is 2. The first-order chi connectivity index (χ1) is 16.0. The van der Waals surface area contributed by atoms with Gasteiger partial charge in [-0.25, -0.2) is 0 Å². The fourth-order valence-corrected chi connectivity index (χ4v) is 4.33. The molecule has 0 aliphatic carbocycles. The van der Waals surface area contributed by atoms with E-state index in [1.54, 1.807) is 29.0 Å². The van der Waals surface area contributed by atoms with Crippen LogP contribution in [0.1, 0.15) is 21.5 Å². The first-order valence-corrected chi connectivity index (χ1v) is 11.2. The van der Waals surface area contributed by atoms with Gasteiger partial charge >= 0.3 is 0 Å². The normalized spacial score (nSPS) is 11.0. The van der Waals surface area contributed by atoms with Gasteiger partial charge in [0, 0.05) is 16.8 Å². The third kappa shape index (κ3) is 3.96. The maximum absolute atomic E-state index is 12.9. The van der Waals surface area contributed by atoms with Crippen molar-refractivity contribution < 1.29 is 9.53 Å². The van der Waals surface area contributed by atoms with Crippen molar-refractivity contribution in [2.45, 2.75) is 13.8 Å². The molecule has 0 fully saturated rings. The van der Waals surface area contributed by atoms with Crippen LogP contribution < -0.4 is 10.1 Å². The zero-order valence-corrected chi connectivity index (χ0v) is 19.2. The highest BCUT2D eigenvalue weighted by molar-refractivity contribution is 7.13. The van der Waals surface area contributed by atoms with E-state index in [2.05, 4.69) is 15.5 Å². The van der Waals surface area contributed by atoms with Crippen LogP contribution in [0.15, 0.2) is 66.0 Å². The first kappa shape index (κ1) is 20.8. The Labute approximate surface area is 194 Å². The van der Waals surface area contributed by atoms with Crippen LogP contribution in [-0.2, 0) is 0 Å². The van der Waals surface area contributed by atoms with Gasteiger partial charge in [-0.1, -0.05) is 18.2 Å². The Morgan fingerprint density at radius 3 is 2.70 bits per heavy atom. The highest BCUT2D eigenvalue weighted by Crippen LogP contribution is 2.27. The largest absolute Gasteiger partial charge is 0.496 e. The summed E-state index contributed by atoms with van der Waals surface area (Å²) < 4.78 is 7.15. The van der Waals surface area contributed by atoms with Crippen molar-refractivity contribution in [2.75, 3.05) is 12.4 Å². The van der Waals surface area contributed by atoms with Gasteiger partial charge in [-0.05, 0) is 72.8 Å². The molecular formula is C25H21N5O2S. The number of fused-ring (bicyclic) bond motifs is 1. The molecule has 0 saturated carbocycles. The van der Waals surface area contributed by atoms with Crippen molar-refractivity contribution in [3.05, 3.63) is 82.7 Å². The minimum absolute atomic E-state index is 0.198. The Morgan fingerprint density at radius 1 is 1.03 bits per heavy atom.